The SMILES string of the molecule is CCN(CC(=O)Nc1ccccc1C(=O)NC(C)c1ccccc1)CC(C)C(=O)OC. The highest BCUT2D eigenvalue weighted by Crippen LogP contribution is 2.18. The number of nitrogens with one attached hydrogen (secondary N) is 2. The fraction of sp³-hybridized carbons (Fsp3) is 0.375. The minimum absolute atomic E-state index is 0.105. The molecule has 0 saturated carbocycles. The van der Waals surface area contributed by atoms with E-state index in [1.807, 2.05) is 49.1 Å². The lowest BCUT2D eigenvalue weighted by atomic mass is 10.1. The molecule has 2 N–H and O–H groups in total. The van der Waals surface area contributed by atoms with Crippen molar-refractivity contribution in [2.75, 3.05) is 32.1 Å². The summed E-state index contributed by atoms with van der Waals surface area (Å²) < 4.78 is 4.75. The van der Waals surface area contributed by atoms with Crippen LogP contribution in [0.4, 0.5) is 5.69 Å². The number of anilines is 1. The van der Waals surface area contributed by atoms with Gasteiger partial charge in [-0.2, -0.15) is 0 Å². The summed E-state index contributed by atoms with van der Waals surface area (Å²) in [5.41, 5.74) is 1.84. The van der Waals surface area contributed by atoms with Gasteiger partial charge in [0.1, 0.15) is 0 Å². The molecule has 0 bridgehead atoms. The fourth-order valence-electron chi connectivity index (χ4n) is 3.25. The molecule has 166 valence electrons. The van der Waals surface area contributed by atoms with Gasteiger partial charge in [0.25, 0.3) is 5.91 Å². The van der Waals surface area contributed by atoms with E-state index in [0.717, 1.165) is 5.56 Å². The summed E-state index contributed by atoms with van der Waals surface area (Å²) in [6, 6.07) is 16.4. The Bertz CT molecular complexity index is 885. The molecule has 0 aliphatic heterocycles. The molecule has 0 aliphatic rings. The van der Waals surface area contributed by atoms with Crippen molar-refractivity contribution in [2.24, 2.45) is 5.92 Å². The average molecular weight is 426 g/mol. The molecular formula is C24H31N3O4. The zero-order valence-electron chi connectivity index (χ0n) is 18.6. The first-order chi connectivity index (χ1) is 14.8. The van der Waals surface area contributed by atoms with Crippen molar-refractivity contribution in [1.29, 1.82) is 0 Å². The normalized spacial score (nSPS) is 12.7. The molecule has 2 aromatic rings. The van der Waals surface area contributed by atoms with Gasteiger partial charge in [-0.25, -0.2) is 0 Å². The Hall–Kier alpha value is -3.19. The number of hydrogen-bond donors (Lipinski definition) is 2. The number of carbonyl (C=O) groups excluding carboxylic acids is 3. The van der Waals surface area contributed by atoms with Crippen LogP contribution in [0.5, 0.6) is 0 Å². The maximum Gasteiger partial charge on any atom is 0.309 e. The van der Waals surface area contributed by atoms with E-state index in [4.69, 9.17) is 4.74 Å². The van der Waals surface area contributed by atoms with Crippen molar-refractivity contribution in [1.82, 2.24) is 10.2 Å². The third-order valence-corrected chi connectivity index (χ3v) is 5.04. The first kappa shape index (κ1) is 24.1. The molecule has 0 radical (unpaired) electrons. The van der Waals surface area contributed by atoms with Gasteiger partial charge in [0.15, 0.2) is 0 Å². The zero-order valence-corrected chi connectivity index (χ0v) is 18.6. The van der Waals surface area contributed by atoms with Crippen molar-refractivity contribution in [2.45, 2.75) is 26.8 Å². The molecule has 7 nitrogen and oxygen atoms in total. The Labute approximate surface area is 183 Å². The highest BCUT2D eigenvalue weighted by Gasteiger charge is 2.20. The molecule has 2 atom stereocenters. The van der Waals surface area contributed by atoms with Gasteiger partial charge in [0.2, 0.25) is 5.91 Å². The topological polar surface area (TPSA) is 87.7 Å². The lowest BCUT2D eigenvalue weighted by molar-refractivity contribution is -0.145. The molecular weight excluding hydrogens is 394 g/mol. The molecule has 31 heavy (non-hydrogen) atoms. The van der Waals surface area contributed by atoms with Crippen molar-refractivity contribution in [3.8, 4) is 0 Å². The number of methoxy groups -OCH3 is 1. The molecule has 7 heteroatoms. The van der Waals surface area contributed by atoms with Crippen molar-refractivity contribution in [3.05, 3.63) is 65.7 Å². The Morgan fingerprint density at radius 2 is 1.65 bits per heavy atom. The lowest BCUT2D eigenvalue weighted by Gasteiger charge is -2.23. The van der Waals surface area contributed by atoms with Crippen LogP contribution >= 0.6 is 0 Å². The minimum atomic E-state index is -0.338. The van der Waals surface area contributed by atoms with Crippen molar-refractivity contribution < 1.29 is 19.1 Å². The van der Waals surface area contributed by atoms with Crippen molar-refractivity contribution in [3.63, 3.8) is 0 Å². The predicted octanol–water partition coefficient (Wildman–Crippen LogP) is 3.25. The van der Waals surface area contributed by atoms with E-state index in [2.05, 4.69) is 10.6 Å². The summed E-state index contributed by atoms with van der Waals surface area (Å²) in [5, 5.41) is 5.80. The standard InChI is InChI=1S/C24H31N3O4/c1-5-27(15-17(2)24(30)31-4)16-22(28)26-21-14-10-9-13-20(21)23(29)25-18(3)19-11-7-6-8-12-19/h6-14,17-18H,5,15-16H2,1-4H3,(H,25,29)(H,26,28). The third kappa shape index (κ3) is 7.22. The molecule has 0 heterocycles. The lowest BCUT2D eigenvalue weighted by Crippen LogP contribution is -2.38. The van der Waals surface area contributed by atoms with Crippen molar-refractivity contribution >= 4 is 23.5 Å². The van der Waals surface area contributed by atoms with E-state index >= 15 is 0 Å². The third-order valence-electron chi connectivity index (χ3n) is 5.04. The average Bonchev–Trinajstić information content (AvgIpc) is 2.78. The summed E-state index contributed by atoms with van der Waals surface area (Å²) >= 11 is 0. The maximum absolute atomic E-state index is 12.8. The Morgan fingerprint density at radius 1 is 1.00 bits per heavy atom. The number of nitrogens with zero attached hydrogens (tertiary/aromatic N) is 1. The van der Waals surface area contributed by atoms with Gasteiger partial charge in [-0.3, -0.25) is 19.3 Å². The van der Waals surface area contributed by atoms with E-state index in [0.29, 0.717) is 24.3 Å². The molecule has 0 fully saturated rings. The Morgan fingerprint density at radius 3 is 2.29 bits per heavy atom. The molecule has 2 aromatic carbocycles. The summed E-state index contributed by atoms with van der Waals surface area (Å²) in [5.74, 6) is -1.17. The van der Waals surface area contributed by atoms with Crippen LogP contribution in [-0.4, -0.2) is 49.4 Å². The van der Waals surface area contributed by atoms with Crippen LogP contribution < -0.4 is 10.6 Å². The molecule has 0 saturated heterocycles. The second kappa shape index (κ2) is 11.9. The predicted molar refractivity (Wildman–Crippen MR) is 121 cm³/mol. The second-order valence-electron chi connectivity index (χ2n) is 7.45. The van der Waals surface area contributed by atoms with Crippen LogP contribution in [0.25, 0.3) is 0 Å². The number of carbonyl (C=O) groups is 3. The number of likely N-dealkylation sites (N-methyl/N-ethyl adjacent to an activating group) is 1. The van der Waals surface area contributed by atoms with E-state index < -0.39 is 0 Å². The number of amides is 2. The molecule has 2 amide bonds. The Balaban J connectivity index is 2.03. The van der Waals surface area contributed by atoms with Gasteiger partial charge >= 0.3 is 5.97 Å². The van der Waals surface area contributed by atoms with Crippen LogP contribution in [0, 0.1) is 5.92 Å². The van der Waals surface area contributed by atoms with Gasteiger partial charge < -0.3 is 15.4 Å². The monoisotopic (exact) mass is 425 g/mol. The molecule has 0 aliphatic carbocycles. The minimum Gasteiger partial charge on any atom is -0.469 e. The summed E-state index contributed by atoms with van der Waals surface area (Å²) in [6.07, 6.45) is 0. The molecule has 2 rings (SSSR count). The van der Waals surface area contributed by atoms with E-state index in [-0.39, 0.29) is 36.3 Å². The molecule has 0 aromatic heterocycles. The number of benzene rings is 2. The first-order valence-corrected chi connectivity index (χ1v) is 10.4. The Kier molecular flexibility index (Phi) is 9.21. The number of hydrogen-bond acceptors (Lipinski definition) is 5. The van der Waals surface area contributed by atoms with Gasteiger partial charge in [-0.05, 0) is 31.2 Å². The van der Waals surface area contributed by atoms with Gasteiger partial charge in [-0.1, -0.05) is 56.3 Å². The number of esters is 1. The van der Waals surface area contributed by atoms with Crippen LogP contribution in [0.2, 0.25) is 0 Å². The molecule has 2 unspecified atom stereocenters. The quantitative estimate of drug-likeness (QED) is 0.571. The molecule has 0 spiro atoms. The maximum atomic E-state index is 12.8. The van der Waals surface area contributed by atoms with Gasteiger partial charge in [0, 0.05) is 6.54 Å². The van der Waals surface area contributed by atoms with E-state index in [9.17, 15) is 14.4 Å². The first-order valence-electron chi connectivity index (χ1n) is 10.4. The summed E-state index contributed by atoms with van der Waals surface area (Å²) in [4.78, 5) is 39.0. The van der Waals surface area contributed by atoms with Crippen LogP contribution in [0.1, 0.15) is 42.7 Å². The van der Waals surface area contributed by atoms with Gasteiger partial charge in [0.05, 0.1) is 36.9 Å². The van der Waals surface area contributed by atoms with E-state index in [1.165, 1.54) is 7.11 Å². The zero-order chi connectivity index (χ0) is 22.8. The fourth-order valence-corrected chi connectivity index (χ4v) is 3.25. The smallest absolute Gasteiger partial charge is 0.309 e. The van der Waals surface area contributed by atoms with Gasteiger partial charge in [-0.15, -0.1) is 0 Å². The van der Waals surface area contributed by atoms with Crippen LogP contribution in [0.15, 0.2) is 54.6 Å². The number of ether oxygens (including phenoxy) is 1. The highest BCUT2D eigenvalue weighted by molar-refractivity contribution is 6.04. The number of para-hydroxylation sites is 1. The number of rotatable bonds is 10. The summed E-state index contributed by atoms with van der Waals surface area (Å²) in [6.45, 7) is 6.71. The van der Waals surface area contributed by atoms with Crippen LogP contribution in [-0.2, 0) is 14.3 Å². The second-order valence-corrected chi connectivity index (χ2v) is 7.45. The largest absolute Gasteiger partial charge is 0.469 e. The van der Waals surface area contributed by atoms with E-state index in [1.54, 1.807) is 31.2 Å². The highest BCUT2D eigenvalue weighted by atomic mass is 16.5. The summed E-state index contributed by atoms with van der Waals surface area (Å²) in [7, 11) is 1.35. The van der Waals surface area contributed by atoms with Crippen LogP contribution in [0.3, 0.4) is 0 Å².